The maximum atomic E-state index is 8.29. The fraction of sp³-hybridized carbons (Fsp3) is 0.833. The Labute approximate surface area is 60.6 Å². The number of aliphatic hydroxyl groups excluding tert-OH is 1. The summed E-state index contributed by atoms with van der Waals surface area (Å²) in [5.74, 6) is 0. The van der Waals surface area contributed by atoms with Crippen LogP contribution in [0.5, 0.6) is 0 Å². The van der Waals surface area contributed by atoms with Gasteiger partial charge in [-0.25, -0.2) is 0 Å². The lowest BCUT2D eigenvalue weighted by molar-refractivity contribution is 0.0853. The van der Waals surface area contributed by atoms with Gasteiger partial charge in [-0.1, -0.05) is 0 Å². The Morgan fingerprint density at radius 3 is 2.80 bits per heavy atom. The number of aliphatic hydroxyl groups is 1. The highest BCUT2D eigenvalue weighted by atomic mass is 16.5. The number of hydrogen-bond donors (Lipinski definition) is 1. The molecule has 4 heteroatoms. The zero-order valence-electron chi connectivity index (χ0n) is 6.08. The number of nitriles is 1. The number of likely N-dealkylation sites (N-methyl/N-ethyl adjacent to an activating group) is 1. The molecule has 0 aromatic carbocycles. The van der Waals surface area contributed by atoms with Gasteiger partial charge in [-0.05, 0) is 0 Å². The molecule has 0 aromatic heterocycles. The Bertz CT molecular complexity index is 111. The zero-order chi connectivity index (χ0) is 7.82. The van der Waals surface area contributed by atoms with Crippen molar-refractivity contribution in [3.63, 3.8) is 0 Å². The molecule has 58 valence electrons. The van der Waals surface area contributed by atoms with E-state index in [1.54, 1.807) is 7.05 Å². The second-order valence-electron chi connectivity index (χ2n) is 1.86. The topological polar surface area (TPSA) is 56.5 Å². The summed E-state index contributed by atoms with van der Waals surface area (Å²) in [6.45, 7) is 1.46. The second-order valence-corrected chi connectivity index (χ2v) is 1.86. The van der Waals surface area contributed by atoms with Crippen molar-refractivity contribution < 1.29 is 9.84 Å². The van der Waals surface area contributed by atoms with Gasteiger partial charge in [0.05, 0.1) is 26.4 Å². The Balaban J connectivity index is 2.98. The molecular formula is C6H12N2O2. The van der Waals surface area contributed by atoms with Crippen LogP contribution in [0.2, 0.25) is 0 Å². The lowest BCUT2D eigenvalue weighted by Gasteiger charge is -2.07. The molecule has 0 heterocycles. The van der Waals surface area contributed by atoms with E-state index in [1.807, 2.05) is 6.19 Å². The largest absolute Gasteiger partial charge is 0.394 e. The summed E-state index contributed by atoms with van der Waals surface area (Å²) >= 11 is 0. The summed E-state index contributed by atoms with van der Waals surface area (Å²) in [7, 11) is 1.68. The molecule has 0 aromatic rings. The molecule has 0 atom stereocenters. The highest BCUT2D eigenvalue weighted by Crippen LogP contribution is 1.78. The molecule has 0 fully saturated rings. The van der Waals surface area contributed by atoms with Crippen LogP contribution < -0.4 is 0 Å². The molecule has 0 radical (unpaired) electrons. The van der Waals surface area contributed by atoms with Crippen molar-refractivity contribution >= 4 is 0 Å². The summed E-state index contributed by atoms with van der Waals surface area (Å²) in [6, 6.07) is 0. The van der Waals surface area contributed by atoms with Crippen molar-refractivity contribution in [1.82, 2.24) is 4.90 Å². The van der Waals surface area contributed by atoms with E-state index in [-0.39, 0.29) is 6.61 Å². The molecule has 0 aliphatic rings. The minimum atomic E-state index is 0.0380. The number of ether oxygens (including phenoxy) is 1. The van der Waals surface area contributed by atoms with Crippen LogP contribution in [0.3, 0.4) is 0 Å². The summed E-state index contributed by atoms with van der Waals surface area (Å²) in [6.07, 6.45) is 1.93. The number of nitrogens with zero attached hydrogens (tertiary/aromatic N) is 2. The average molecular weight is 144 g/mol. The Hall–Kier alpha value is -0.790. The minimum Gasteiger partial charge on any atom is -0.394 e. The van der Waals surface area contributed by atoms with E-state index in [0.717, 1.165) is 0 Å². The van der Waals surface area contributed by atoms with Gasteiger partial charge in [0.1, 0.15) is 0 Å². The smallest absolute Gasteiger partial charge is 0.179 e. The second kappa shape index (κ2) is 6.33. The first-order valence-corrected chi connectivity index (χ1v) is 3.10. The van der Waals surface area contributed by atoms with Gasteiger partial charge < -0.3 is 14.7 Å². The summed E-state index contributed by atoms with van der Waals surface area (Å²) in [4.78, 5) is 1.47. The van der Waals surface area contributed by atoms with E-state index >= 15 is 0 Å². The van der Waals surface area contributed by atoms with Gasteiger partial charge in [0.2, 0.25) is 0 Å². The van der Waals surface area contributed by atoms with E-state index in [0.29, 0.717) is 19.8 Å². The molecule has 0 rings (SSSR count). The molecule has 0 saturated carbocycles. The first-order valence-electron chi connectivity index (χ1n) is 3.10. The maximum absolute atomic E-state index is 8.29. The van der Waals surface area contributed by atoms with Crippen LogP contribution in [0.4, 0.5) is 0 Å². The van der Waals surface area contributed by atoms with Gasteiger partial charge in [-0.2, -0.15) is 5.26 Å². The zero-order valence-corrected chi connectivity index (χ0v) is 6.08. The first kappa shape index (κ1) is 9.21. The van der Waals surface area contributed by atoms with Crippen molar-refractivity contribution in [2.24, 2.45) is 0 Å². The predicted molar refractivity (Wildman–Crippen MR) is 36.1 cm³/mol. The van der Waals surface area contributed by atoms with Gasteiger partial charge in [-0.15, -0.1) is 0 Å². The van der Waals surface area contributed by atoms with Crippen LogP contribution in [0, 0.1) is 11.5 Å². The monoisotopic (exact) mass is 144 g/mol. The van der Waals surface area contributed by atoms with E-state index in [1.165, 1.54) is 4.90 Å². The van der Waals surface area contributed by atoms with Crippen molar-refractivity contribution in [1.29, 1.82) is 5.26 Å². The average Bonchev–Trinajstić information content (AvgIpc) is 1.98. The van der Waals surface area contributed by atoms with Crippen LogP contribution in [0.15, 0.2) is 0 Å². The quantitative estimate of drug-likeness (QED) is 0.318. The third kappa shape index (κ3) is 5.35. The Kier molecular flexibility index (Phi) is 5.83. The lowest BCUT2D eigenvalue weighted by atomic mass is 10.6. The normalized spacial score (nSPS) is 8.90. The van der Waals surface area contributed by atoms with Crippen LogP contribution >= 0.6 is 0 Å². The molecule has 0 amide bonds. The van der Waals surface area contributed by atoms with Crippen molar-refractivity contribution in [2.45, 2.75) is 0 Å². The fourth-order valence-electron chi connectivity index (χ4n) is 0.418. The van der Waals surface area contributed by atoms with Crippen LogP contribution in [0.1, 0.15) is 0 Å². The van der Waals surface area contributed by atoms with Crippen molar-refractivity contribution in [3.05, 3.63) is 0 Å². The number of rotatable bonds is 5. The molecule has 0 bridgehead atoms. The fourth-order valence-corrected chi connectivity index (χ4v) is 0.418. The van der Waals surface area contributed by atoms with Crippen LogP contribution in [0.25, 0.3) is 0 Å². The van der Waals surface area contributed by atoms with Gasteiger partial charge in [0.25, 0.3) is 0 Å². The molecule has 10 heavy (non-hydrogen) atoms. The molecule has 0 unspecified atom stereocenters. The van der Waals surface area contributed by atoms with Gasteiger partial charge in [-0.3, -0.25) is 0 Å². The van der Waals surface area contributed by atoms with Crippen LogP contribution in [-0.2, 0) is 4.74 Å². The maximum Gasteiger partial charge on any atom is 0.179 e. The molecule has 0 aliphatic carbocycles. The van der Waals surface area contributed by atoms with E-state index in [4.69, 9.17) is 15.1 Å². The first-order chi connectivity index (χ1) is 4.81. The third-order valence-electron chi connectivity index (χ3n) is 0.977. The minimum absolute atomic E-state index is 0.0380. The van der Waals surface area contributed by atoms with E-state index < -0.39 is 0 Å². The SMILES string of the molecule is CN(C#N)CCOCCO. The third-order valence-corrected chi connectivity index (χ3v) is 0.977. The van der Waals surface area contributed by atoms with Crippen LogP contribution in [-0.4, -0.2) is 43.4 Å². The van der Waals surface area contributed by atoms with Gasteiger partial charge >= 0.3 is 0 Å². The highest BCUT2D eigenvalue weighted by Gasteiger charge is 1.91. The summed E-state index contributed by atoms with van der Waals surface area (Å²) in [5, 5.41) is 16.5. The van der Waals surface area contributed by atoms with Gasteiger partial charge in [0, 0.05) is 7.05 Å². The lowest BCUT2D eigenvalue weighted by Crippen LogP contribution is -2.18. The molecule has 1 N–H and O–H groups in total. The van der Waals surface area contributed by atoms with Crippen molar-refractivity contribution in [3.8, 4) is 6.19 Å². The Morgan fingerprint density at radius 2 is 2.30 bits per heavy atom. The van der Waals surface area contributed by atoms with Crippen molar-refractivity contribution in [2.75, 3.05) is 33.4 Å². The summed E-state index contributed by atoms with van der Waals surface area (Å²) in [5.41, 5.74) is 0. The van der Waals surface area contributed by atoms with Gasteiger partial charge in [0.15, 0.2) is 6.19 Å². The molecule has 4 nitrogen and oxygen atoms in total. The van der Waals surface area contributed by atoms with E-state index in [2.05, 4.69) is 0 Å². The molecule has 0 spiro atoms. The standard InChI is InChI=1S/C6H12N2O2/c1-8(6-7)2-4-10-5-3-9/h9H,2-5H2,1H3. The molecule has 0 aliphatic heterocycles. The Morgan fingerprint density at radius 1 is 1.60 bits per heavy atom. The number of hydrogen-bond acceptors (Lipinski definition) is 4. The summed E-state index contributed by atoms with van der Waals surface area (Å²) < 4.78 is 4.91. The molecular weight excluding hydrogens is 132 g/mol. The molecule has 0 saturated heterocycles. The highest BCUT2D eigenvalue weighted by molar-refractivity contribution is 4.67. The predicted octanol–water partition coefficient (Wildman–Crippen LogP) is -0.592. The van der Waals surface area contributed by atoms with E-state index in [9.17, 15) is 0 Å².